The van der Waals surface area contributed by atoms with Crippen molar-refractivity contribution in [2.24, 2.45) is 23.7 Å². The number of nitrogens with two attached hydrogens (primary N) is 1. The van der Waals surface area contributed by atoms with Crippen molar-refractivity contribution in [1.82, 2.24) is 9.78 Å². The third-order valence-corrected chi connectivity index (χ3v) is 2.03. The van der Waals surface area contributed by atoms with Crippen molar-refractivity contribution in [3.8, 4) is 0 Å². The van der Waals surface area contributed by atoms with E-state index in [1.807, 2.05) is 20.9 Å². The molecule has 1 rings (SSSR count). The Morgan fingerprint density at radius 3 is 2.80 bits per heavy atom. The van der Waals surface area contributed by atoms with Crippen molar-refractivity contribution >= 4 is 17.2 Å². The largest absolute Gasteiger partial charge is 0.387 e. The molecule has 0 aliphatic carbocycles. The molecule has 0 aliphatic rings. The van der Waals surface area contributed by atoms with Gasteiger partial charge in [-0.05, 0) is 5.92 Å². The fourth-order valence-electron chi connectivity index (χ4n) is 1.07. The smallest absolute Gasteiger partial charge is 0.105 e. The number of aliphatic imine (C=N–C) groups is 1. The Labute approximate surface area is 89.5 Å². The molecule has 0 radical (unpaired) electrons. The average molecular weight is 207 g/mol. The van der Waals surface area contributed by atoms with Gasteiger partial charge in [0.25, 0.3) is 0 Å². The van der Waals surface area contributed by atoms with E-state index in [-0.39, 0.29) is 5.92 Å². The summed E-state index contributed by atoms with van der Waals surface area (Å²) in [5, 5.41) is 11.6. The Bertz CT molecular complexity index is 375. The number of amidine groups is 1. The van der Waals surface area contributed by atoms with Gasteiger partial charge in [-0.2, -0.15) is 5.10 Å². The molecule has 0 unspecified atom stereocenters. The van der Waals surface area contributed by atoms with E-state index < -0.39 is 0 Å². The van der Waals surface area contributed by atoms with Crippen LogP contribution in [0.4, 0.5) is 5.69 Å². The van der Waals surface area contributed by atoms with Gasteiger partial charge in [-0.25, -0.2) is 4.99 Å². The second-order valence-corrected chi connectivity index (χ2v) is 3.83. The van der Waals surface area contributed by atoms with Crippen LogP contribution >= 0.6 is 0 Å². The molecule has 0 amide bonds. The molecule has 0 spiro atoms. The predicted octanol–water partition coefficient (Wildman–Crippen LogP) is 1.47. The Morgan fingerprint density at radius 2 is 2.33 bits per heavy atom. The summed E-state index contributed by atoms with van der Waals surface area (Å²) in [5.41, 5.74) is 7.05. The van der Waals surface area contributed by atoms with Crippen LogP contribution in [0.15, 0.2) is 17.4 Å². The average Bonchev–Trinajstić information content (AvgIpc) is 2.50. The summed E-state index contributed by atoms with van der Waals surface area (Å²) < 4.78 is 1.67. The maximum atomic E-state index is 7.66. The summed E-state index contributed by atoms with van der Waals surface area (Å²) in [5.74, 6) is 0.675. The van der Waals surface area contributed by atoms with Gasteiger partial charge < -0.3 is 11.1 Å². The minimum absolute atomic E-state index is 0.215. The van der Waals surface area contributed by atoms with E-state index in [2.05, 4.69) is 10.1 Å². The summed E-state index contributed by atoms with van der Waals surface area (Å²) in [6.07, 6.45) is 3.85. The van der Waals surface area contributed by atoms with Gasteiger partial charge in [0, 0.05) is 19.2 Å². The molecular weight excluding hydrogens is 190 g/mol. The maximum absolute atomic E-state index is 7.66. The highest BCUT2D eigenvalue weighted by atomic mass is 15.2. The summed E-state index contributed by atoms with van der Waals surface area (Å²) in [6.45, 7) is 3.94. The van der Waals surface area contributed by atoms with Crippen molar-refractivity contribution in [2.75, 3.05) is 0 Å². The molecule has 0 saturated carbocycles. The van der Waals surface area contributed by atoms with Gasteiger partial charge in [0.1, 0.15) is 11.5 Å². The molecule has 0 aromatic carbocycles. The molecule has 3 N–H and O–H groups in total. The first kappa shape index (κ1) is 11.4. The van der Waals surface area contributed by atoms with Crippen LogP contribution in [0.1, 0.15) is 20.3 Å². The second-order valence-electron chi connectivity index (χ2n) is 3.83. The first-order valence-corrected chi connectivity index (χ1v) is 4.88. The van der Waals surface area contributed by atoms with Crippen LogP contribution in [0, 0.1) is 11.3 Å². The van der Waals surface area contributed by atoms with Crippen LogP contribution in [0.25, 0.3) is 0 Å². The minimum atomic E-state index is 0.215. The molecule has 0 fully saturated rings. The molecule has 5 nitrogen and oxygen atoms in total. The summed E-state index contributed by atoms with van der Waals surface area (Å²) in [6, 6.07) is 0. The van der Waals surface area contributed by atoms with E-state index in [4.69, 9.17) is 11.1 Å². The van der Waals surface area contributed by atoms with E-state index in [0.717, 1.165) is 5.69 Å². The zero-order valence-corrected chi connectivity index (χ0v) is 9.36. The first-order chi connectivity index (χ1) is 6.99. The molecule has 0 saturated heterocycles. The lowest BCUT2D eigenvalue weighted by Crippen LogP contribution is -2.19. The van der Waals surface area contributed by atoms with Crippen molar-refractivity contribution in [3.05, 3.63) is 12.4 Å². The van der Waals surface area contributed by atoms with Crippen molar-refractivity contribution in [3.63, 3.8) is 0 Å². The molecule has 82 valence electrons. The molecule has 1 aromatic heterocycles. The fraction of sp³-hybridized carbons (Fsp3) is 0.500. The van der Waals surface area contributed by atoms with Gasteiger partial charge in [0.05, 0.1) is 12.4 Å². The third-order valence-electron chi connectivity index (χ3n) is 2.03. The maximum Gasteiger partial charge on any atom is 0.105 e. The zero-order valence-electron chi connectivity index (χ0n) is 9.36. The molecule has 0 aliphatic heterocycles. The van der Waals surface area contributed by atoms with Gasteiger partial charge >= 0.3 is 0 Å². The number of hydrogen-bond donors (Lipinski definition) is 2. The van der Waals surface area contributed by atoms with Crippen molar-refractivity contribution < 1.29 is 0 Å². The molecule has 0 bridgehead atoms. The second kappa shape index (κ2) is 4.72. The van der Waals surface area contributed by atoms with Crippen molar-refractivity contribution in [1.29, 1.82) is 5.41 Å². The number of rotatable bonds is 4. The molecule has 0 atom stereocenters. The standard InChI is InChI=1S/C10H17N5/c1-7(2)9(11)4-10(12)14-8-5-13-15(3)6-8/h5-7,11H,4H2,1-3H3,(H2,12,14). The van der Waals surface area contributed by atoms with Crippen LogP contribution in [0.5, 0.6) is 0 Å². The van der Waals surface area contributed by atoms with E-state index in [9.17, 15) is 0 Å². The quantitative estimate of drug-likeness (QED) is 0.579. The molecule has 1 heterocycles. The zero-order chi connectivity index (χ0) is 11.4. The Kier molecular flexibility index (Phi) is 3.60. The van der Waals surface area contributed by atoms with Crippen molar-refractivity contribution in [2.45, 2.75) is 20.3 Å². The molecule has 15 heavy (non-hydrogen) atoms. The number of aromatic nitrogens is 2. The van der Waals surface area contributed by atoms with Gasteiger partial charge in [-0.1, -0.05) is 13.8 Å². The summed E-state index contributed by atoms with van der Waals surface area (Å²) >= 11 is 0. The van der Waals surface area contributed by atoms with Gasteiger partial charge in [0.15, 0.2) is 0 Å². The number of nitrogens with one attached hydrogen (secondary N) is 1. The monoisotopic (exact) mass is 207 g/mol. The molecule has 5 heteroatoms. The molecule has 1 aromatic rings. The number of aryl methyl sites for hydroxylation is 1. The number of nitrogens with zero attached hydrogens (tertiary/aromatic N) is 3. The minimum Gasteiger partial charge on any atom is -0.387 e. The number of hydrogen-bond acceptors (Lipinski definition) is 3. The van der Waals surface area contributed by atoms with E-state index in [0.29, 0.717) is 18.0 Å². The SMILES string of the molecule is CC(C)C(=N)CC(N)=Nc1cnn(C)c1. The fourth-order valence-corrected chi connectivity index (χ4v) is 1.07. The van der Waals surface area contributed by atoms with Gasteiger partial charge in [-0.15, -0.1) is 0 Å². The van der Waals surface area contributed by atoms with E-state index in [1.54, 1.807) is 17.1 Å². The lowest BCUT2D eigenvalue weighted by molar-refractivity contribution is 0.768. The van der Waals surface area contributed by atoms with Gasteiger partial charge in [0.2, 0.25) is 0 Å². The van der Waals surface area contributed by atoms with Gasteiger partial charge in [-0.3, -0.25) is 4.68 Å². The highest BCUT2D eigenvalue weighted by molar-refractivity contribution is 6.02. The Hall–Kier alpha value is -1.65. The Balaban J connectivity index is 2.64. The van der Waals surface area contributed by atoms with Crippen LogP contribution < -0.4 is 5.73 Å². The lowest BCUT2D eigenvalue weighted by atomic mass is 10.1. The highest BCUT2D eigenvalue weighted by Gasteiger charge is 2.05. The van der Waals surface area contributed by atoms with Crippen LogP contribution in [0.3, 0.4) is 0 Å². The summed E-state index contributed by atoms with van der Waals surface area (Å²) in [7, 11) is 1.82. The highest BCUT2D eigenvalue weighted by Crippen LogP contribution is 2.09. The predicted molar refractivity (Wildman–Crippen MR) is 61.7 cm³/mol. The first-order valence-electron chi connectivity index (χ1n) is 4.88. The normalized spacial score (nSPS) is 12.1. The molecular formula is C10H17N5. The third kappa shape index (κ3) is 3.53. The topological polar surface area (TPSA) is 80.1 Å². The Morgan fingerprint density at radius 1 is 1.67 bits per heavy atom. The van der Waals surface area contributed by atoms with E-state index in [1.165, 1.54) is 0 Å². The summed E-state index contributed by atoms with van der Waals surface area (Å²) in [4.78, 5) is 4.17. The van der Waals surface area contributed by atoms with Crippen LogP contribution in [-0.2, 0) is 7.05 Å². The van der Waals surface area contributed by atoms with Crippen LogP contribution in [-0.4, -0.2) is 21.3 Å². The van der Waals surface area contributed by atoms with Crippen LogP contribution in [0.2, 0.25) is 0 Å². The lowest BCUT2D eigenvalue weighted by Gasteiger charge is -2.05. The van der Waals surface area contributed by atoms with E-state index >= 15 is 0 Å².